The van der Waals surface area contributed by atoms with Crippen molar-refractivity contribution in [3.8, 4) is 11.3 Å². The van der Waals surface area contributed by atoms with E-state index in [1.807, 2.05) is 13.0 Å². The van der Waals surface area contributed by atoms with E-state index in [0.29, 0.717) is 5.71 Å². The Morgan fingerprint density at radius 2 is 2.00 bits per heavy atom. The maximum Gasteiger partial charge on any atom is 0.222 e. The topological polar surface area (TPSA) is 30.4 Å². The average molecular weight is 216 g/mol. The summed E-state index contributed by atoms with van der Waals surface area (Å²) < 4.78 is 19.8. The highest BCUT2D eigenvalue weighted by molar-refractivity contribution is 5.63. The third-order valence-electron chi connectivity index (χ3n) is 2.50. The first-order valence-electron chi connectivity index (χ1n) is 4.94. The Bertz CT molecular complexity index is 637. The fourth-order valence-electron chi connectivity index (χ4n) is 1.66. The van der Waals surface area contributed by atoms with Crippen molar-refractivity contribution in [2.24, 2.45) is 0 Å². The Hall–Kier alpha value is -2.10. The molecular weight excluding hydrogens is 207 g/mol. The largest absolute Gasteiger partial charge is 0.445 e. The quantitative estimate of drug-likeness (QED) is 0.625. The number of nitrogens with zero attached hydrogens (tertiary/aromatic N) is 2. The van der Waals surface area contributed by atoms with Crippen LogP contribution in [-0.2, 0) is 0 Å². The van der Waals surface area contributed by atoms with E-state index in [0.717, 1.165) is 17.0 Å². The second-order valence-electron chi connectivity index (χ2n) is 3.66. The summed E-state index contributed by atoms with van der Waals surface area (Å²) in [6.07, 6.45) is 1.65. The zero-order valence-electron chi connectivity index (χ0n) is 8.64. The van der Waals surface area contributed by atoms with Crippen LogP contribution in [0.4, 0.5) is 4.39 Å². The molecule has 0 aliphatic carbocycles. The highest BCUT2D eigenvalue weighted by Crippen LogP contribution is 2.21. The lowest BCUT2D eigenvalue weighted by Gasteiger charge is -1.94. The summed E-state index contributed by atoms with van der Waals surface area (Å²) in [6, 6.07) is 8.08. The zero-order valence-corrected chi connectivity index (χ0v) is 8.64. The minimum Gasteiger partial charge on any atom is -0.445 e. The van der Waals surface area contributed by atoms with E-state index >= 15 is 0 Å². The number of hydrogen-bond acceptors (Lipinski definition) is 2. The van der Waals surface area contributed by atoms with Crippen molar-refractivity contribution >= 4 is 5.71 Å². The number of oxazole rings is 1. The van der Waals surface area contributed by atoms with Gasteiger partial charge in [0, 0.05) is 11.6 Å². The molecule has 80 valence electrons. The van der Waals surface area contributed by atoms with Gasteiger partial charge < -0.3 is 4.42 Å². The minimum atomic E-state index is -0.247. The maximum absolute atomic E-state index is 12.8. The van der Waals surface area contributed by atoms with E-state index in [1.54, 1.807) is 22.9 Å². The first-order chi connectivity index (χ1) is 7.74. The average Bonchev–Trinajstić information content (AvgIpc) is 2.83. The molecule has 0 radical (unpaired) electrons. The molecule has 16 heavy (non-hydrogen) atoms. The number of hydrogen-bond donors (Lipinski definition) is 0. The second-order valence-corrected chi connectivity index (χ2v) is 3.66. The van der Waals surface area contributed by atoms with Crippen molar-refractivity contribution in [1.82, 2.24) is 9.61 Å². The molecule has 0 aliphatic rings. The number of halogens is 1. The van der Waals surface area contributed by atoms with Gasteiger partial charge in [0.1, 0.15) is 12.1 Å². The summed E-state index contributed by atoms with van der Waals surface area (Å²) in [4.78, 5) is 0. The molecule has 0 bridgehead atoms. The van der Waals surface area contributed by atoms with E-state index in [9.17, 15) is 4.39 Å². The lowest BCUT2D eigenvalue weighted by atomic mass is 10.1. The van der Waals surface area contributed by atoms with E-state index in [2.05, 4.69) is 5.10 Å². The molecule has 1 aromatic carbocycles. The van der Waals surface area contributed by atoms with Crippen molar-refractivity contribution in [2.45, 2.75) is 6.92 Å². The van der Waals surface area contributed by atoms with Gasteiger partial charge in [-0.3, -0.25) is 0 Å². The van der Waals surface area contributed by atoms with Crippen LogP contribution in [0.5, 0.6) is 0 Å². The van der Waals surface area contributed by atoms with Gasteiger partial charge in [0.05, 0.1) is 11.4 Å². The first kappa shape index (κ1) is 9.15. The van der Waals surface area contributed by atoms with Crippen LogP contribution in [0.15, 0.2) is 41.0 Å². The second kappa shape index (κ2) is 3.20. The molecule has 2 aromatic heterocycles. The van der Waals surface area contributed by atoms with E-state index in [-0.39, 0.29) is 5.82 Å². The first-order valence-corrected chi connectivity index (χ1v) is 4.94. The van der Waals surface area contributed by atoms with Crippen LogP contribution >= 0.6 is 0 Å². The summed E-state index contributed by atoms with van der Waals surface area (Å²) in [7, 11) is 0. The van der Waals surface area contributed by atoms with Crippen LogP contribution in [0.1, 0.15) is 5.69 Å². The summed E-state index contributed by atoms with van der Waals surface area (Å²) in [5.41, 5.74) is 3.28. The van der Waals surface area contributed by atoms with Gasteiger partial charge in [0.2, 0.25) is 5.71 Å². The number of rotatable bonds is 1. The molecule has 0 N–H and O–H groups in total. The molecule has 0 unspecified atom stereocenters. The van der Waals surface area contributed by atoms with E-state index < -0.39 is 0 Å². The summed E-state index contributed by atoms with van der Waals surface area (Å²) in [6.45, 7) is 1.91. The number of benzene rings is 1. The van der Waals surface area contributed by atoms with Gasteiger partial charge in [-0.25, -0.2) is 8.91 Å². The van der Waals surface area contributed by atoms with Crippen molar-refractivity contribution in [3.05, 3.63) is 48.1 Å². The van der Waals surface area contributed by atoms with Crippen LogP contribution < -0.4 is 0 Å². The molecule has 0 fully saturated rings. The van der Waals surface area contributed by atoms with Gasteiger partial charge in [0.15, 0.2) is 0 Å². The third-order valence-corrected chi connectivity index (χ3v) is 2.50. The molecular formula is C12H9FN2O. The van der Waals surface area contributed by atoms with Crippen LogP contribution in [0.3, 0.4) is 0 Å². The summed E-state index contributed by atoms with van der Waals surface area (Å²) in [5.74, 6) is -0.247. The predicted molar refractivity (Wildman–Crippen MR) is 57.6 cm³/mol. The molecule has 2 heterocycles. The van der Waals surface area contributed by atoms with Crippen molar-refractivity contribution in [1.29, 1.82) is 0 Å². The van der Waals surface area contributed by atoms with Crippen LogP contribution in [0, 0.1) is 12.7 Å². The zero-order chi connectivity index (χ0) is 11.1. The molecule has 3 aromatic rings. The SMILES string of the molecule is Cc1coc2cc(-c3ccc(F)cc3)nn12. The Kier molecular flexibility index (Phi) is 1.83. The monoisotopic (exact) mass is 216 g/mol. The smallest absolute Gasteiger partial charge is 0.222 e. The van der Waals surface area contributed by atoms with Gasteiger partial charge in [-0.15, -0.1) is 0 Å². The molecule has 3 rings (SSSR count). The summed E-state index contributed by atoms with van der Waals surface area (Å²) in [5, 5.41) is 4.37. The van der Waals surface area contributed by atoms with Gasteiger partial charge >= 0.3 is 0 Å². The van der Waals surface area contributed by atoms with Gasteiger partial charge in [-0.1, -0.05) is 0 Å². The molecule has 0 spiro atoms. The highest BCUT2D eigenvalue weighted by atomic mass is 19.1. The van der Waals surface area contributed by atoms with Crippen LogP contribution in [-0.4, -0.2) is 9.61 Å². The maximum atomic E-state index is 12.8. The highest BCUT2D eigenvalue weighted by Gasteiger charge is 2.08. The van der Waals surface area contributed by atoms with Gasteiger partial charge in [-0.2, -0.15) is 5.10 Å². The summed E-state index contributed by atoms with van der Waals surface area (Å²) >= 11 is 0. The van der Waals surface area contributed by atoms with Gasteiger partial charge in [-0.05, 0) is 31.2 Å². The standard InChI is InChI=1S/C12H9FN2O/c1-8-7-16-12-6-11(14-15(8)12)9-2-4-10(13)5-3-9/h2-7H,1H3. The van der Waals surface area contributed by atoms with Crippen molar-refractivity contribution in [3.63, 3.8) is 0 Å². The molecule has 0 amide bonds. The van der Waals surface area contributed by atoms with Crippen LogP contribution in [0.2, 0.25) is 0 Å². The molecule has 0 atom stereocenters. The molecule has 0 aliphatic heterocycles. The van der Waals surface area contributed by atoms with E-state index in [4.69, 9.17) is 4.42 Å². The molecule has 4 heteroatoms. The molecule has 0 saturated carbocycles. The number of aryl methyl sites for hydroxylation is 1. The van der Waals surface area contributed by atoms with E-state index in [1.165, 1.54) is 12.1 Å². The number of fused-ring (bicyclic) bond motifs is 1. The Morgan fingerprint density at radius 3 is 2.69 bits per heavy atom. The predicted octanol–water partition coefficient (Wildman–Crippen LogP) is 3.04. The fourth-order valence-corrected chi connectivity index (χ4v) is 1.66. The molecule has 3 nitrogen and oxygen atoms in total. The van der Waals surface area contributed by atoms with Gasteiger partial charge in [0.25, 0.3) is 0 Å². The third kappa shape index (κ3) is 1.31. The van der Waals surface area contributed by atoms with Crippen LogP contribution in [0.25, 0.3) is 17.0 Å². The molecule has 0 saturated heterocycles. The Balaban J connectivity index is 2.15. The Morgan fingerprint density at radius 1 is 1.25 bits per heavy atom. The lowest BCUT2D eigenvalue weighted by molar-refractivity contribution is 0.605. The number of aromatic nitrogens is 2. The normalized spacial score (nSPS) is 11.1. The lowest BCUT2D eigenvalue weighted by Crippen LogP contribution is -1.87. The minimum absolute atomic E-state index is 0.247. The Labute approximate surface area is 91.1 Å². The van der Waals surface area contributed by atoms with Crippen molar-refractivity contribution < 1.29 is 8.81 Å². The fraction of sp³-hybridized carbons (Fsp3) is 0.0833. The van der Waals surface area contributed by atoms with Crippen molar-refractivity contribution in [2.75, 3.05) is 0 Å².